The second kappa shape index (κ2) is 6.62. The number of nitrogens with one attached hydrogen (secondary N) is 1. The number of rotatable bonds is 6. The first kappa shape index (κ1) is 14.7. The zero-order valence-corrected chi connectivity index (χ0v) is 12.7. The van der Waals surface area contributed by atoms with E-state index in [1.165, 1.54) is 5.56 Å². The number of ether oxygens (including phenoxy) is 1. The Kier molecular flexibility index (Phi) is 4.85. The number of benzene rings is 1. The molecule has 3 heteroatoms. The highest BCUT2D eigenvalue weighted by molar-refractivity contribution is 5.42. The molecule has 1 atom stereocenters. The van der Waals surface area contributed by atoms with Crippen LogP contribution in [0.15, 0.2) is 34.7 Å². The van der Waals surface area contributed by atoms with Crippen molar-refractivity contribution in [1.82, 2.24) is 5.32 Å². The fraction of sp³-hybridized carbons (Fsp3) is 0.412. The molecule has 108 valence electrons. The second-order valence-electron chi connectivity index (χ2n) is 4.85. The first-order valence-corrected chi connectivity index (χ1v) is 7.18. The van der Waals surface area contributed by atoms with Crippen LogP contribution in [0.2, 0.25) is 0 Å². The number of hydrogen-bond acceptors (Lipinski definition) is 3. The summed E-state index contributed by atoms with van der Waals surface area (Å²) in [6, 6.07) is 10.3. The molecule has 1 unspecified atom stereocenters. The molecule has 1 heterocycles. The summed E-state index contributed by atoms with van der Waals surface area (Å²) in [6.07, 6.45) is 0.905. The van der Waals surface area contributed by atoms with Crippen LogP contribution in [0.4, 0.5) is 0 Å². The van der Waals surface area contributed by atoms with Crippen LogP contribution in [-0.2, 0) is 6.42 Å². The molecule has 0 fully saturated rings. The van der Waals surface area contributed by atoms with E-state index >= 15 is 0 Å². The summed E-state index contributed by atoms with van der Waals surface area (Å²) in [5, 5.41) is 3.32. The van der Waals surface area contributed by atoms with Crippen LogP contribution in [0.1, 0.15) is 42.5 Å². The molecule has 0 radical (unpaired) electrons. The lowest BCUT2D eigenvalue weighted by Crippen LogP contribution is -2.18. The molecular formula is C17H23NO2. The third kappa shape index (κ3) is 3.05. The summed E-state index contributed by atoms with van der Waals surface area (Å²) in [4.78, 5) is 0. The molecule has 0 aliphatic rings. The minimum atomic E-state index is 0.0109. The Hall–Kier alpha value is -1.74. The summed E-state index contributed by atoms with van der Waals surface area (Å²) < 4.78 is 11.6. The quantitative estimate of drug-likeness (QED) is 0.868. The van der Waals surface area contributed by atoms with Crippen molar-refractivity contribution in [1.29, 1.82) is 0 Å². The van der Waals surface area contributed by atoms with Gasteiger partial charge in [0.25, 0.3) is 0 Å². The zero-order valence-electron chi connectivity index (χ0n) is 12.7. The van der Waals surface area contributed by atoms with Gasteiger partial charge in [-0.3, -0.25) is 0 Å². The lowest BCUT2D eigenvalue weighted by molar-refractivity contribution is 0.330. The molecule has 0 aliphatic carbocycles. The van der Waals surface area contributed by atoms with Crippen molar-refractivity contribution in [2.75, 3.05) is 13.7 Å². The summed E-state index contributed by atoms with van der Waals surface area (Å²) in [5.41, 5.74) is 2.33. The van der Waals surface area contributed by atoms with Crippen LogP contribution in [0.25, 0.3) is 0 Å². The Bertz CT molecular complexity index is 560. The molecule has 1 aromatic carbocycles. The van der Waals surface area contributed by atoms with Gasteiger partial charge in [-0.05, 0) is 39.1 Å². The largest absolute Gasteiger partial charge is 0.494 e. The maximum absolute atomic E-state index is 5.90. The Morgan fingerprint density at radius 3 is 2.60 bits per heavy atom. The van der Waals surface area contributed by atoms with Gasteiger partial charge in [0.15, 0.2) is 0 Å². The van der Waals surface area contributed by atoms with Gasteiger partial charge in [0, 0.05) is 12.0 Å². The minimum Gasteiger partial charge on any atom is -0.494 e. The van der Waals surface area contributed by atoms with Crippen molar-refractivity contribution in [2.24, 2.45) is 0 Å². The predicted octanol–water partition coefficient (Wildman–Crippen LogP) is 3.86. The van der Waals surface area contributed by atoms with Crippen molar-refractivity contribution >= 4 is 0 Å². The van der Waals surface area contributed by atoms with E-state index in [0.29, 0.717) is 6.61 Å². The maximum Gasteiger partial charge on any atom is 0.125 e. The average Bonchev–Trinajstić information content (AvgIpc) is 2.91. The van der Waals surface area contributed by atoms with Gasteiger partial charge in [0.05, 0.1) is 12.6 Å². The fourth-order valence-corrected chi connectivity index (χ4v) is 2.37. The van der Waals surface area contributed by atoms with E-state index in [2.05, 4.69) is 31.3 Å². The summed E-state index contributed by atoms with van der Waals surface area (Å²) in [5.74, 6) is 2.84. The smallest absolute Gasteiger partial charge is 0.125 e. The molecule has 0 amide bonds. The van der Waals surface area contributed by atoms with E-state index in [1.54, 1.807) is 0 Å². The van der Waals surface area contributed by atoms with Gasteiger partial charge in [-0.25, -0.2) is 0 Å². The van der Waals surface area contributed by atoms with E-state index in [9.17, 15) is 0 Å². The van der Waals surface area contributed by atoms with Crippen LogP contribution in [0, 0.1) is 6.92 Å². The van der Waals surface area contributed by atoms with Gasteiger partial charge in [-0.2, -0.15) is 0 Å². The highest BCUT2D eigenvalue weighted by atomic mass is 16.5. The van der Waals surface area contributed by atoms with Gasteiger partial charge < -0.3 is 14.5 Å². The van der Waals surface area contributed by atoms with Gasteiger partial charge in [0.1, 0.15) is 17.3 Å². The monoisotopic (exact) mass is 273 g/mol. The lowest BCUT2D eigenvalue weighted by atomic mass is 10.0. The van der Waals surface area contributed by atoms with Crippen molar-refractivity contribution in [3.63, 3.8) is 0 Å². The van der Waals surface area contributed by atoms with Crippen LogP contribution in [0.5, 0.6) is 5.75 Å². The molecule has 2 rings (SSSR count). The van der Waals surface area contributed by atoms with E-state index in [0.717, 1.165) is 29.3 Å². The van der Waals surface area contributed by atoms with Crippen LogP contribution < -0.4 is 10.1 Å². The number of aryl methyl sites for hydroxylation is 2. The van der Waals surface area contributed by atoms with E-state index in [-0.39, 0.29) is 6.04 Å². The Balaban J connectivity index is 2.42. The third-order valence-electron chi connectivity index (χ3n) is 3.38. The first-order chi connectivity index (χ1) is 9.69. The third-order valence-corrected chi connectivity index (χ3v) is 3.38. The van der Waals surface area contributed by atoms with Crippen LogP contribution in [-0.4, -0.2) is 13.7 Å². The van der Waals surface area contributed by atoms with Crippen molar-refractivity contribution in [2.45, 2.75) is 33.2 Å². The maximum atomic E-state index is 5.90. The molecular weight excluding hydrogens is 250 g/mol. The van der Waals surface area contributed by atoms with Gasteiger partial charge >= 0.3 is 0 Å². The van der Waals surface area contributed by atoms with Crippen LogP contribution >= 0.6 is 0 Å². The molecule has 0 spiro atoms. The van der Waals surface area contributed by atoms with E-state index in [4.69, 9.17) is 9.15 Å². The van der Waals surface area contributed by atoms with Crippen molar-refractivity contribution in [3.8, 4) is 5.75 Å². The van der Waals surface area contributed by atoms with Crippen molar-refractivity contribution in [3.05, 3.63) is 53.0 Å². The van der Waals surface area contributed by atoms with Gasteiger partial charge in [-0.1, -0.05) is 24.6 Å². The highest BCUT2D eigenvalue weighted by Gasteiger charge is 2.20. The zero-order chi connectivity index (χ0) is 14.5. The van der Waals surface area contributed by atoms with E-state index < -0.39 is 0 Å². The molecule has 1 N–H and O–H groups in total. The number of hydrogen-bond donors (Lipinski definition) is 1. The highest BCUT2D eigenvalue weighted by Crippen LogP contribution is 2.32. The molecule has 3 nitrogen and oxygen atoms in total. The molecule has 0 aliphatic heterocycles. The van der Waals surface area contributed by atoms with Gasteiger partial charge in [0.2, 0.25) is 0 Å². The lowest BCUT2D eigenvalue weighted by Gasteiger charge is -2.19. The Morgan fingerprint density at radius 1 is 1.20 bits per heavy atom. The molecule has 1 aromatic heterocycles. The molecule has 2 aromatic rings. The molecule has 0 saturated heterocycles. The van der Waals surface area contributed by atoms with Crippen LogP contribution in [0.3, 0.4) is 0 Å². The minimum absolute atomic E-state index is 0.0109. The Morgan fingerprint density at radius 2 is 2.00 bits per heavy atom. The summed E-state index contributed by atoms with van der Waals surface area (Å²) >= 11 is 0. The van der Waals surface area contributed by atoms with E-state index in [1.807, 2.05) is 32.2 Å². The first-order valence-electron chi connectivity index (χ1n) is 7.18. The molecule has 0 saturated carbocycles. The SMILES string of the molecule is CCOc1ccc(C)cc1C(NC)c1ccc(CC)o1. The standard InChI is InChI=1S/C17H23NO2/c1-5-13-8-10-16(20-13)17(18-4)14-11-12(3)7-9-15(14)19-6-2/h7-11,17-18H,5-6H2,1-4H3. The molecule has 20 heavy (non-hydrogen) atoms. The number of furan rings is 1. The summed E-state index contributed by atoms with van der Waals surface area (Å²) in [7, 11) is 1.94. The second-order valence-corrected chi connectivity index (χ2v) is 4.85. The summed E-state index contributed by atoms with van der Waals surface area (Å²) in [6.45, 7) is 6.84. The molecule has 0 bridgehead atoms. The van der Waals surface area contributed by atoms with Gasteiger partial charge in [-0.15, -0.1) is 0 Å². The average molecular weight is 273 g/mol. The predicted molar refractivity (Wildman–Crippen MR) is 81.3 cm³/mol. The normalized spacial score (nSPS) is 12.4. The van der Waals surface area contributed by atoms with Crippen molar-refractivity contribution < 1.29 is 9.15 Å². The Labute approximate surface area is 121 Å². The topological polar surface area (TPSA) is 34.4 Å². The fourth-order valence-electron chi connectivity index (χ4n) is 2.37.